The molecule has 1 aliphatic carbocycles. The number of nitrogens with zero attached hydrogens (tertiary/aromatic N) is 2. The third-order valence-corrected chi connectivity index (χ3v) is 8.03. The number of hydrogen-bond acceptors (Lipinski definition) is 4. The molecule has 5 rings (SSSR count). The molecule has 2 aromatic carbocycles. The lowest BCUT2D eigenvalue weighted by atomic mass is 9.95. The number of hydrazone groups is 1. The van der Waals surface area contributed by atoms with E-state index < -0.39 is 0 Å². The van der Waals surface area contributed by atoms with Gasteiger partial charge in [0.25, 0.3) is 5.91 Å². The zero-order valence-corrected chi connectivity index (χ0v) is 22.2. The second-order valence-electron chi connectivity index (χ2n) is 9.47. The third-order valence-electron chi connectivity index (χ3n) is 6.76. The van der Waals surface area contributed by atoms with E-state index >= 15 is 0 Å². The van der Waals surface area contributed by atoms with E-state index in [-0.39, 0.29) is 24.1 Å². The summed E-state index contributed by atoms with van der Waals surface area (Å²) < 4.78 is 15.2. The summed E-state index contributed by atoms with van der Waals surface area (Å²) in [5.41, 5.74) is 8.69. The summed E-state index contributed by atoms with van der Waals surface area (Å²) in [4.78, 5) is 27.1. The van der Waals surface area contributed by atoms with Crippen molar-refractivity contribution in [3.8, 4) is 5.00 Å². The first-order valence-electron chi connectivity index (χ1n) is 12.7. The number of carbonyl (C=O) groups excluding carboxylic acids is 2. The van der Waals surface area contributed by atoms with Crippen LogP contribution < -0.4 is 10.7 Å². The molecule has 0 aliphatic heterocycles. The lowest BCUT2D eigenvalue weighted by Gasteiger charge is -2.14. The average Bonchev–Trinajstić information content (AvgIpc) is 3.42. The van der Waals surface area contributed by atoms with Crippen LogP contribution >= 0.6 is 11.3 Å². The molecule has 2 N–H and O–H groups in total. The molecule has 38 heavy (non-hydrogen) atoms. The number of aryl methyl sites for hydroxylation is 2. The highest BCUT2D eigenvalue weighted by Crippen LogP contribution is 2.39. The summed E-state index contributed by atoms with van der Waals surface area (Å²) in [7, 11) is 0. The molecule has 0 unspecified atom stereocenters. The van der Waals surface area contributed by atoms with Gasteiger partial charge in [0.15, 0.2) is 0 Å². The SMILES string of the molecule is Cc1cc(/C=N/NC(=O)Cc2ccc(F)cc2)c(C)n1-c1sc2c(c1C(=O)Nc1ccccc1)CCCC2. The molecule has 0 radical (unpaired) electrons. The molecular formula is C30H29FN4O2S. The average molecular weight is 529 g/mol. The van der Waals surface area contributed by atoms with E-state index in [2.05, 4.69) is 20.4 Å². The van der Waals surface area contributed by atoms with Crippen molar-refractivity contribution in [3.05, 3.63) is 105 Å². The lowest BCUT2D eigenvalue weighted by molar-refractivity contribution is -0.120. The molecule has 0 saturated heterocycles. The van der Waals surface area contributed by atoms with Crippen molar-refractivity contribution in [1.29, 1.82) is 0 Å². The zero-order chi connectivity index (χ0) is 26.6. The second-order valence-corrected chi connectivity index (χ2v) is 10.6. The van der Waals surface area contributed by atoms with Gasteiger partial charge >= 0.3 is 0 Å². The highest BCUT2D eigenvalue weighted by atomic mass is 32.1. The van der Waals surface area contributed by atoms with Gasteiger partial charge in [0.1, 0.15) is 10.8 Å². The summed E-state index contributed by atoms with van der Waals surface area (Å²) in [5.74, 6) is -0.719. The van der Waals surface area contributed by atoms with Crippen LogP contribution in [0.2, 0.25) is 0 Å². The Kier molecular flexibility index (Phi) is 7.51. The van der Waals surface area contributed by atoms with Crippen molar-refractivity contribution in [3.63, 3.8) is 0 Å². The fraction of sp³-hybridized carbons (Fsp3) is 0.233. The molecule has 2 heterocycles. The van der Waals surface area contributed by atoms with Crippen LogP contribution in [0.25, 0.3) is 5.00 Å². The van der Waals surface area contributed by atoms with Crippen LogP contribution in [0.15, 0.2) is 65.8 Å². The van der Waals surface area contributed by atoms with E-state index in [1.54, 1.807) is 29.7 Å². The quantitative estimate of drug-likeness (QED) is 0.224. The normalized spacial score (nSPS) is 12.9. The maximum atomic E-state index is 13.6. The monoisotopic (exact) mass is 528 g/mol. The molecule has 2 amide bonds. The summed E-state index contributed by atoms with van der Waals surface area (Å²) in [6, 6.07) is 17.3. The van der Waals surface area contributed by atoms with Crippen LogP contribution in [-0.2, 0) is 24.1 Å². The van der Waals surface area contributed by atoms with Gasteiger partial charge in [-0.3, -0.25) is 9.59 Å². The van der Waals surface area contributed by atoms with Gasteiger partial charge in [0.2, 0.25) is 5.91 Å². The van der Waals surface area contributed by atoms with Gasteiger partial charge in [-0.1, -0.05) is 30.3 Å². The predicted octanol–water partition coefficient (Wildman–Crippen LogP) is 6.12. The Morgan fingerprint density at radius 1 is 1.05 bits per heavy atom. The summed E-state index contributed by atoms with van der Waals surface area (Å²) in [5, 5.41) is 8.15. The molecule has 194 valence electrons. The maximum absolute atomic E-state index is 13.6. The highest BCUT2D eigenvalue weighted by molar-refractivity contribution is 7.15. The van der Waals surface area contributed by atoms with Crippen LogP contribution in [0.5, 0.6) is 0 Å². The van der Waals surface area contributed by atoms with Crippen LogP contribution in [0.1, 0.15) is 56.2 Å². The van der Waals surface area contributed by atoms with Crippen molar-refractivity contribution in [1.82, 2.24) is 9.99 Å². The van der Waals surface area contributed by atoms with E-state index in [4.69, 9.17) is 0 Å². The number of aromatic nitrogens is 1. The fourth-order valence-corrected chi connectivity index (χ4v) is 6.39. The molecule has 0 fully saturated rings. The van der Waals surface area contributed by atoms with Crippen LogP contribution in [0.4, 0.5) is 10.1 Å². The van der Waals surface area contributed by atoms with E-state index in [0.717, 1.165) is 64.4 Å². The number of benzene rings is 2. The number of hydrogen-bond donors (Lipinski definition) is 2. The smallest absolute Gasteiger partial charge is 0.258 e. The van der Waals surface area contributed by atoms with Gasteiger partial charge < -0.3 is 9.88 Å². The number of rotatable bonds is 7. The van der Waals surface area contributed by atoms with E-state index in [0.29, 0.717) is 5.56 Å². The van der Waals surface area contributed by atoms with E-state index in [9.17, 15) is 14.0 Å². The van der Waals surface area contributed by atoms with Gasteiger partial charge in [-0.05, 0) is 81.0 Å². The number of nitrogens with one attached hydrogen (secondary N) is 2. The summed E-state index contributed by atoms with van der Waals surface area (Å²) in [6.07, 6.45) is 5.83. The highest BCUT2D eigenvalue weighted by Gasteiger charge is 2.28. The Labute approximate surface area is 225 Å². The summed E-state index contributed by atoms with van der Waals surface area (Å²) in [6.45, 7) is 4.00. The minimum absolute atomic E-state index is 0.0960. The molecule has 0 spiro atoms. The first-order chi connectivity index (χ1) is 18.4. The van der Waals surface area contributed by atoms with Crippen molar-refractivity contribution < 1.29 is 14.0 Å². The predicted molar refractivity (Wildman–Crippen MR) is 150 cm³/mol. The van der Waals surface area contributed by atoms with Crippen molar-refractivity contribution in [2.45, 2.75) is 46.0 Å². The first kappa shape index (κ1) is 25.6. The second kappa shape index (κ2) is 11.1. The summed E-state index contributed by atoms with van der Waals surface area (Å²) >= 11 is 1.69. The minimum Gasteiger partial charge on any atom is -0.322 e. The molecule has 0 bridgehead atoms. The number of fused-ring (bicyclic) bond motifs is 1. The fourth-order valence-electron chi connectivity index (χ4n) is 4.89. The topological polar surface area (TPSA) is 75.5 Å². The zero-order valence-electron chi connectivity index (χ0n) is 21.4. The Bertz CT molecular complexity index is 1500. The lowest BCUT2D eigenvalue weighted by Crippen LogP contribution is -2.19. The third kappa shape index (κ3) is 5.45. The van der Waals surface area contributed by atoms with Gasteiger partial charge in [-0.25, -0.2) is 9.82 Å². The number of amides is 2. The van der Waals surface area contributed by atoms with Gasteiger partial charge in [0.05, 0.1) is 18.2 Å². The minimum atomic E-state index is -0.338. The number of carbonyl (C=O) groups is 2. The van der Waals surface area contributed by atoms with Crippen molar-refractivity contribution in [2.75, 3.05) is 5.32 Å². The van der Waals surface area contributed by atoms with Crippen LogP contribution in [0, 0.1) is 19.7 Å². The Morgan fingerprint density at radius 2 is 1.79 bits per heavy atom. The Morgan fingerprint density at radius 3 is 2.55 bits per heavy atom. The molecule has 2 aromatic heterocycles. The Balaban J connectivity index is 1.40. The number of thiophene rings is 1. The number of halogens is 1. The molecular weight excluding hydrogens is 499 g/mol. The van der Waals surface area contributed by atoms with Gasteiger partial charge in [-0.2, -0.15) is 5.10 Å². The molecule has 0 atom stereocenters. The Hall–Kier alpha value is -4.04. The number of para-hydroxylation sites is 1. The number of anilines is 1. The van der Waals surface area contributed by atoms with Crippen LogP contribution in [-0.4, -0.2) is 22.6 Å². The first-order valence-corrected chi connectivity index (χ1v) is 13.5. The van der Waals surface area contributed by atoms with Crippen molar-refractivity contribution in [2.24, 2.45) is 5.10 Å². The maximum Gasteiger partial charge on any atom is 0.258 e. The van der Waals surface area contributed by atoms with Crippen LogP contribution in [0.3, 0.4) is 0 Å². The molecule has 6 nitrogen and oxygen atoms in total. The van der Waals surface area contributed by atoms with Gasteiger partial charge in [0, 0.05) is 27.5 Å². The molecule has 8 heteroatoms. The van der Waals surface area contributed by atoms with E-state index in [1.165, 1.54) is 17.0 Å². The van der Waals surface area contributed by atoms with Crippen molar-refractivity contribution >= 4 is 35.1 Å². The molecule has 1 aliphatic rings. The molecule has 0 saturated carbocycles. The van der Waals surface area contributed by atoms with E-state index in [1.807, 2.05) is 50.2 Å². The standard InChI is InChI=1S/C30H29FN4O2S/c1-19-16-22(18-32-34-27(36)17-21-12-14-23(31)15-13-21)20(2)35(19)30-28(25-10-6-7-11-26(25)38-30)29(37)33-24-8-4-3-5-9-24/h3-5,8-9,12-16,18H,6-7,10-11,17H2,1-2H3,(H,33,37)(H,34,36)/b32-18+. The van der Waals surface area contributed by atoms with Gasteiger partial charge in [-0.15, -0.1) is 11.3 Å². The largest absolute Gasteiger partial charge is 0.322 e. The molecule has 4 aromatic rings.